The van der Waals surface area contributed by atoms with Crippen LogP contribution in [0.4, 0.5) is 5.69 Å². The molecule has 1 N–H and O–H groups in total. The summed E-state index contributed by atoms with van der Waals surface area (Å²) in [6.45, 7) is 6.12. The average molecular weight is 413 g/mol. The predicted octanol–water partition coefficient (Wildman–Crippen LogP) is 5.62. The van der Waals surface area contributed by atoms with Crippen molar-refractivity contribution in [3.63, 3.8) is 0 Å². The Morgan fingerprint density at radius 1 is 1.14 bits per heavy atom. The SMILES string of the molecule is COc1ccc(-c2nc(CSCC(=O)Nc3c(C)cc(C)cc3C)cs2)cc1. The molecule has 0 aliphatic rings. The second-order valence-electron chi connectivity index (χ2n) is 6.69. The third-order valence-electron chi connectivity index (χ3n) is 4.31. The van der Waals surface area contributed by atoms with Gasteiger partial charge in [0.15, 0.2) is 0 Å². The van der Waals surface area contributed by atoms with Gasteiger partial charge in [0.25, 0.3) is 0 Å². The quantitative estimate of drug-likeness (QED) is 0.547. The molecule has 0 fully saturated rings. The lowest BCUT2D eigenvalue weighted by atomic mass is 10.1. The maximum atomic E-state index is 12.3. The molecular weight excluding hydrogens is 388 g/mol. The van der Waals surface area contributed by atoms with Crippen LogP contribution in [0.5, 0.6) is 5.75 Å². The Morgan fingerprint density at radius 2 is 1.82 bits per heavy atom. The second kappa shape index (κ2) is 9.26. The summed E-state index contributed by atoms with van der Waals surface area (Å²) in [5.41, 5.74) is 6.39. The standard InChI is InChI=1S/C22H24N2O2S2/c1-14-9-15(2)21(16(3)10-14)24-20(25)13-27-11-18-12-28-22(23-18)17-5-7-19(26-4)8-6-17/h5-10,12H,11,13H2,1-4H3,(H,24,25). The van der Waals surface area contributed by atoms with Crippen LogP contribution in [0.3, 0.4) is 0 Å². The van der Waals surface area contributed by atoms with Crippen LogP contribution in [-0.4, -0.2) is 23.8 Å². The maximum absolute atomic E-state index is 12.3. The monoisotopic (exact) mass is 412 g/mol. The van der Waals surface area contributed by atoms with Crippen LogP contribution in [0.15, 0.2) is 41.8 Å². The number of benzene rings is 2. The lowest BCUT2D eigenvalue weighted by Crippen LogP contribution is -2.16. The first-order valence-electron chi connectivity index (χ1n) is 9.00. The zero-order valence-corrected chi connectivity index (χ0v) is 18.2. The van der Waals surface area contributed by atoms with Gasteiger partial charge in [0.2, 0.25) is 5.91 Å². The Kier molecular flexibility index (Phi) is 6.75. The number of aromatic nitrogens is 1. The van der Waals surface area contributed by atoms with Crippen molar-refractivity contribution in [3.05, 3.63) is 64.2 Å². The number of amides is 1. The first-order chi connectivity index (χ1) is 13.5. The Bertz CT molecular complexity index is 942. The van der Waals surface area contributed by atoms with Crippen molar-refractivity contribution in [1.29, 1.82) is 0 Å². The highest BCUT2D eigenvalue weighted by Crippen LogP contribution is 2.27. The minimum Gasteiger partial charge on any atom is -0.497 e. The van der Waals surface area contributed by atoms with Crippen molar-refractivity contribution in [2.45, 2.75) is 26.5 Å². The summed E-state index contributed by atoms with van der Waals surface area (Å²) in [5, 5.41) is 6.08. The first kappa shape index (κ1) is 20.4. The lowest BCUT2D eigenvalue weighted by molar-refractivity contribution is -0.113. The molecule has 0 aliphatic heterocycles. The molecule has 1 heterocycles. The zero-order valence-electron chi connectivity index (χ0n) is 16.5. The summed E-state index contributed by atoms with van der Waals surface area (Å²) in [5.74, 6) is 1.97. The van der Waals surface area contributed by atoms with Gasteiger partial charge in [-0.25, -0.2) is 4.98 Å². The summed E-state index contributed by atoms with van der Waals surface area (Å²) in [6, 6.07) is 12.1. The van der Waals surface area contributed by atoms with E-state index in [4.69, 9.17) is 4.74 Å². The molecule has 1 amide bonds. The van der Waals surface area contributed by atoms with Crippen LogP contribution in [-0.2, 0) is 10.5 Å². The van der Waals surface area contributed by atoms with E-state index in [-0.39, 0.29) is 5.91 Å². The van der Waals surface area contributed by atoms with E-state index in [1.54, 1.807) is 30.2 Å². The molecule has 4 nitrogen and oxygen atoms in total. The highest BCUT2D eigenvalue weighted by atomic mass is 32.2. The normalized spacial score (nSPS) is 10.7. The molecule has 0 aliphatic carbocycles. The van der Waals surface area contributed by atoms with E-state index in [9.17, 15) is 4.79 Å². The highest BCUT2D eigenvalue weighted by Gasteiger charge is 2.10. The van der Waals surface area contributed by atoms with E-state index in [1.807, 2.05) is 38.1 Å². The number of thiazole rings is 1. The van der Waals surface area contributed by atoms with Crippen molar-refractivity contribution >= 4 is 34.7 Å². The number of thioether (sulfide) groups is 1. The van der Waals surface area contributed by atoms with Crippen molar-refractivity contribution < 1.29 is 9.53 Å². The van der Waals surface area contributed by atoms with Gasteiger partial charge < -0.3 is 10.1 Å². The molecule has 1 aromatic heterocycles. The Labute approximate surface area is 174 Å². The van der Waals surface area contributed by atoms with Crippen molar-refractivity contribution in [1.82, 2.24) is 4.98 Å². The number of anilines is 1. The minimum atomic E-state index is 0.0191. The Hall–Kier alpha value is -2.31. The molecule has 0 atom stereocenters. The van der Waals surface area contributed by atoms with Gasteiger partial charge in [-0.05, 0) is 56.2 Å². The van der Waals surface area contributed by atoms with Crippen LogP contribution in [0.2, 0.25) is 0 Å². The van der Waals surface area contributed by atoms with Gasteiger partial charge in [0, 0.05) is 22.4 Å². The number of nitrogens with zero attached hydrogens (tertiary/aromatic N) is 1. The number of carbonyl (C=O) groups excluding carboxylic acids is 1. The molecule has 28 heavy (non-hydrogen) atoms. The molecule has 0 spiro atoms. The largest absolute Gasteiger partial charge is 0.497 e. The van der Waals surface area contributed by atoms with Crippen LogP contribution in [0.25, 0.3) is 10.6 Å². The number of carbonyl (C=O) groups is 1. The Balaban J connectivity index is 1.52. The fourth-order valence-corrected chi connectivity index (χ4v) is 4.69. The topological polar surface area (TPSA) is 51.2 Å². The molecule has 2 aromatic carbocycles. The molecule has 146 valence electrons. The molecule has 3 aromatic rings. The minimum absolute atomic E-state index is 0.0191. The van der Waals surface area contributed by atoms with Crippen LogP contribution >= 0.6 is 23.1 Å². The van der Waals surface area contributed by atoms with Gasteiger partial charge in [0.05, 0.1) is 18.6 Å². The summed E-state index contributed by atoms with van der Waals surface area (Å²) in [7, 11) is 1.66. The molecule has 0 saturated heterocycles. The molecule has 0 bridgehead atoms. The Morgan fingerprint density at radius 3 is 2.46 bits per heavy atom. The number of aryl methyl sites for hydroxylation is 3. The summed E-state index contributed by atoms with van der Waals surface area (Å²) in [6.07, 6.45) is 0. The van der Waals surface area contributed by atoms with Gasteiger partial charge in [0.1, 0.15) is 10.8 Å². The number of ether oxygens (including phenoxy) is 1. The third kappa shape index (κ3) is 5.14. The smallest absolute Gasteiger partial charge is 0.234 e. The van der Waals surface area contributed by atoms with Crippen LogP contribution in [0, 0.1) is 20.8 Å². The third-order valence-corrected chi connectivity index (χ3v) is 6.22. The van der Waals surface area contributed by atoms with E-state index >= 15 is 0 Å². The van der Waals surface area contributed by atoms with E-state index in [1.165, 1.54) is 5.56 Å². The number of nitrogens with one attached hydrogen (secondary N) is 1. The number of hydrogen-bond donors (Lipinski definition) is 1. The summed E-state index contributed by atoms with van der Waals surface area (Å²) >= 11 is 3.19. The van der Waals surface area contributed by atoms with E-state index < -0.39 is 0 Å². The van der Waals surface area contributed by atoms with Gasteiger partial charge in [-0.3, -0.25) is 4.79 Å². The molecule has 0 unspecified atom stereocenters. The van der Waals surface area contributed by atoms with E-state index in [2.05, 4.69) is 34.7 Å². The highest BCUT2D eigenvalue weighted by molar-refractivity contribution is 7.99. The summed E-state index contributed by atoms with van der Waals surface area (Å²) in [4.78, 5) is 17.0. The fourth-order valence-electron chi connectivity index (χ4n) is 3.04. The zero-order chi connectivity index (χ0) is 20.1. The molecule has 0 saturated carbocycles. The van der Waals surface area contributed by atoms with Crippen molar-refractivity contribution in [2.24, 2.45) is 0 Å². The lowest BCUT2D eigenvalue weighted by Gasteiger charge is -2.12. The first-order valence-corrected chi connectivity index (χ1v) is 11.0. The van der Waals surface area contributed by atoms with Crippen LogP contribution in [0.1, 0.15) is 22.4 Å². The fraction of sp³-hybridized carbons (Fsp3) is 0.273. The van der Waals surface area contributed by atoms with Crippen molar-refractivity contribution in [2.75, 3.05) is 18.2 Å². The number of methoxy groups -OCH3 is 1. The second-order valence-corrected chi connectivity index (χ2v) is 8.53. The summed E-state index contributed by atoms with van der Waals surface area (Å²) < 4.78 is 5.19. The molecule has 0 radical (unpaired) electrons. The number of hydrogen-bond acceptors (Lipinski definition) is 5. The predicted molar refractivity (Wildman–Crippen MR) is 120 cm³/mol. The average Bonchev–Trinajstić information content (AvgIpc) is 3.13. The van der Waals surface area contributed by atoms with Gasteiger partial charge in [-0.2, -0.15) is 0 Å². The number of rotatable bonds is 7. The molecule has 6 heteroatoms. The van der Waals surface area contributed by atoms with Gasteiger partial charge in [-0.1, -0.05) is 17.7 Å². The van der Waals surface area contributed by atoms with Gasteiger partial charge in [-0.15, -0.1) is 23.1 Å². The van der Waals surface area contributed by atoms with Crippen LogP contribution < -0.4 is 10.1 Å². The molecule has 3 rings (SSSR count). The van der Waals surface area contributed by atoms with E-state index in [0.717, 1.165) is 38.8 Å². The maximum Gasteiger partial charge on any atom is 0.234 e. The van der Waals surface area contributed by atoms with Crippen molar-refractivity contribution in [3.8, 4) is 16.3 Å². The van der Waals surface area contributed by atoms with Gasteiger partial charge >= 0.3 is 0 Å². The van der Waals surface area contributed by atoms with E-state index in [0.29, 0.717) is 11.5 Å². The molecular formula is C22H24N2O2S2.